The van der Waals surface area contributed by atoms with E-state index in [2.05, 4.69) is 36.5 Å². The fourth-order valence-electron chi connectivity index (χ4n) is 3.79. The van der Waals surface area contributed by atoms with Crippen molar-refractivity contribution in [3.63, 3.8) is 0 Å². The van der Waals surface area contributed by atoms with E-state index in [1.807, 2.05) is 33.0 Å². The van der Waals surface area contributed by atoms with E-state index in [-0.39, 0.29) is 11.9 Å². The molecule has 0 radical (unpaired) electrons. The fourth-order valence-corrected chi connectivity index (χ4v) is 3.79. The minimum absolute atomic E-state index is 0.0561. The molecule has 3 aromatic rings. The van der Waals surface area contributed by atoms with E-state index in [4.69, 9.17) is 14.7 Å². The number of aryl methyl sites for hydroxylation is 2. The SMILES string of the molecule is CC[C@@H](CN(C)C(C)=O)n1cc(C)c2nc(-c3ccc(C(C)C)nc3OC)c(C)nc21. The molecule has 166 valence electrons. The van der Waals surface area contributed by atoms with Crippen molar-refractivity contribution in [1.29, 1.82) is 0 Å². The average Bonchev–Trinajstić information content (AvgIpc) is 3.05. The van der Waals surface area contributed by atoms with Crippen LogP contribution in [0.1, 0.15) is 63.0 Å². The van der Waals surface area contributed by atoms with Crippen LogP contribution >= 0.6 is 0 Å². The van der Waals surface area contributed by atoms with Gasteiger partial charge < -0.3 is 14.2 Å². The van der Waals surface area contributed by atoms with E-state index >= 15 is 0 Å². The Hall–Kier alpha value is -2.96. The Balaban J connectivity index is 2.12. The number of rotatable bonds is 7. The minimum Gasteiger partial charge on any atom is -0.480 e. The normalized spacial score (nSPS) is 12.4. The summed E-state index contributed by atoms with van der Waals surface area (Å²) in [6.45, 7) is 12.6. The summed E-state index contributed by atoms with van der Waals surface area (Å²) in [6, 6.07) is 4.18. The number of aromatic nitrogens is 4. The topological polar surface area (TPSA) is 73.1 Å². The maximum absolute atomic E-state index is 11.7. The van der Waals surface area contributed by atoms with Crippen molar-refractivity contribution in [1.82, 2.24) is 24.4 Å². The predicted molar refractivity (Wildman–Crippen MR) is 124 cm³/mol. The van der Waals surface area contributed by atoms with Crippen molar-refractivity contribution in [3.8, 4) is 17.1 Å². The van der Waals surface area contributed by atoms with Crippen molar-refractivity contribution in [2.75, 3.05) is 20.7 Å². The smallest absolute Gasteiger partial charge is 0.222 e. The summed E-state index contributed by atoms with van der Waals surface area (Å²) < 4.78 is 7.75. The zero-order valence-electron chi connectivity index (χ0n) is 19.9. The summed E-state index contributed by atoms with van der Waals surface area (Å²) in [7, 11) is 3.47. The third kappa shape index (κ3) is 4.40. The number of hydrogen-bond acceptors (Lipinski definition) is 5. The van der Waals surface area contributed by atoms with Crippen LogP contribution in [0.3, 0.4) is 0 Å². The summed E-state index contributed by atoms with van der Waals surface area (Å²) in [4.78, 5) is 28.1. The Morgan fingerprint density at radius 2 is 1.90 bits per heavy atom. The number of nitrogens with zero attached hydrogens (tertiary/aromatic N) is 5. The van der Waals surface area contributed by atoms with Gasteiger partial charge in [0.2, 0.25) is 11.8 Å². The number of carbonyl (C=O) groups excluding carboxylic acids is 1. The van der Waals surface area contributed by atoms with Gasteiger partial charge in [0, 0.05) is 32.4 Å². The third-order valence-electron chi connectivity index (χ3n) is 5.81. The van der Waals surface area contributed by atoms with E-state index in [0.717, 1.165) is 45.8 Å². The lowest BCUT2D eigenvalue weighted by Gasteiger charge is -2.24. The molecule has 0 spiro atoms. The molecule has 0 fully saturated rings. The maximum Gasteiger partial charge on any atom is 0.222 e. The second-order valence-electron chi connectivity index (χ2n) is 8.46. The second kappa shape index (κ2) is 9.04. The molecule has 0 aliphatic heterocycles. The monoisotopic (exact) mass is 423 g/mol. The lowest BCUT2D eigenvalue weighted by molar-refractivity contribution is -0.128. The number of carbonyl (C=O) groups is 1. The Labute approximate surface area is 184 Å². The van der Waals surface area contributed by atoms with Crippen molar-refractivity contribution >= 4 is 17.1 Å². The molecule has 0 aliphatic carbocycles. The Bertz CT molecular complexity index is 1100. The van der Waals surface area contributed by atoms with Gasteiger partial charge in [-0.05, 0) is 43.9 Å². The van der Waals surface area contributed by atoms with Crippen LogP contribution in [0, 0.1) is 13.8 Å². The summed E-state index contributed by atoms with van der Waals surface area (Å²) in [5, 5.41) is 0. The molecule has 1 atom stereocenters. The second-order valence-corrected chi connectivity index (χ2v) is 8.46. The van der Waals surface area contributed by atoms with Crippen LogP contribution in [0.2, 0.25) is 0 Å². The van der Waals surface area contributed by atoms with Gasteiger partial charge in [-0.1, -0.05) is 20.8 Å². The number of amides is 1. The van der Waals surface area contributed by atoms with Crippen LogP contribution in [0.15, 0.2) is 18.3 Å². The molecule has 0 aromatic carbocycles. The Morgan fingerprint density at radius 3 is 2.48 bits per heavy atom. The minimum atomic E-state index is 0.0561. The number of ether oxygens (including phenoxy) is 1. The molecule has 0 saturated heterocycles. The molecule has 0 unspecified atom stereocenters. The molecule has 7 nitrogen and oxygen atoms in total. The van der Waals surface area contributed by atoms with Crippen LogP contribution in [0.5, 0.6) is 5.88 Å². The van der Waals surface area contributed by atoms with E-state index in [0.29, 0.717) is 18.3 Å². The van der Waals surface area contributed by atoms with Gasteiger partial charge >= 0.3 is 0 Å². The molecular weight excluding hydrogens is 390 g/mol. The van der Waals surface area contributed by atoms with Crippen molar-refractivity contribution in [2.24, 2.45) is 0 Å². The highest BCUT2D eigenvalue weighted by Gasteiger charge is 2.21. The third-order valence-corrected chi connectivity index (χ3v) is 5.81. The Morgan fingerprint density at radius 1 is 1.19 bits per heavy atom. The predicted octanol–water partition coefficient (Wildman–Crippen LogP) is 4.67. The van der Waals surface area contributed by atoms with Gasteiger partial charge in [0.25, 0.3) is 0 Å². The van der Waals surface area contributed by atoms with Gasteiger partial charge in [-0.2, -0.15) is 0 Å². The van der Waals surface area contributed by atoms with Gasteiger partial charge in [0.15, 0.2) is 5.65 Å². The molecule has 1 amide bonds. The van der Waals surface area contributed by atoms with E-state index in [9.17, 15) is 4.79 Å². The molecule has 3 rings (SSSR count). The fraction of sp³-hybridized carbons (Fsp3) is 0.500. The lowest BCUT2D eigenvalue weighted by Crippen LogP contribution is -2.31. The summed E-state index contributed by atoms with van der Waals surface area (Å²) >= 11 is 0. The first-order chi connectivity index (χ1) is 14.7. The van der Waals surface area contributed by atoms with Gasteiger partial charge in [-0.3, -0.25) is 4.79 Å². The van der Waals surface area contributed by atoms with Crippen molar-refractivity contribution in [3.05, 3.63) is 35.3 Å². The average molecular weight is 424 g/mol. The standard InChI is InChI=1S/C24H33N5O2/c1-9-18(13-28(7)17(6)30)29-12-15(4)21-23(29)25-16(5)22(27-21)19-10-11-20(14(2)3)26-24(19)31-8/h10-12,14,18H,9,13H2,1-8H3/t18-/m0/s1. The molecule has 0 aliphatic rings. The van der Waals surface area contributed by atoms with Crippen molar-refractivity contribution in [2.45, 2.75) is 59.9 Å². The van der Waals surface area contributed by atoms with Crippen LogP contribution in [0.4, 0.5) is 0 Å². The van der Waals surface area contributed by atoms with E-state index < -0.39 is 0 Å². The highest BCUT2D eigenvalue weighted by molar-refractivity contribution is 5.81. The highest BCUT2D eigenvalue weighted by Crippen LogP contribution is 2.33. The Kier molecular flexibility index (Phi) is 6.62. The van der Waals surface area contributed by atoms with Gasteiger partial charge in [-0.15, -0.1) is 0 Å². The largest absolute Gasteiger partial charge is 0.480 e. The van der Waals surface area contributed by atoms with E-state index in [1.54, 1.807) is 18.9 Å². The number of likely N-dealkylation sites (N-methyl/N-ethyl adjacent to an activating group) is 1. The van der Waals surface area contributed by atoms with E-state index in [1.165, 1.54) is 0 Å². The summed E-state index contributed by atoms with van der Waals surface area (Å²) in [5.41, 5.74) is 6.18. The summed E-state index contributed by atoms with van der Waals surface area (Å²) in [5.74, 6) is 0.933. The molecular formula is C24H33N5O2. The molecule has 0 bridgehead atoms. The number of hydrogen-bond donors (Lipinski definition) is 0. The van der Waals surface area contributed by atoms with Crippen LogP contribution in [0.25, 0.3) is 22.4 Å². The molecule has 3 aromatic heterocycles. The highest BCUT2D eigenvalue weighted by atomic mass is 16.5. The first kappa shape index (κ1) is 22.7. The first-order valence-electron chi connectivity index (χ1n) is 10.8. The number of pyridine rings is 1. The number of fused-ring (bicyclic) bond motifs is 1. The molecule has 3 heterocycles. The zero-order valence-corrected chi connectivity index (χ0v) is 19.9. The van der Waals surface area contributed by atoms with Gasteiger partial charge in [0.05, 0.1) is 30.1 Å². The molecule has 7 heteroatoms. The molecule has 0 saturated carbocycles. The van der Waals surface area contributed by atoms with Crippen molar-refractivity contribution < 1.29 is 9.53 Å². The summed E-state index contributed by atoms with van der Waals surface area (Å²) in [6.07, 6.45) is 2.98. The number of methoxy groups -OCH3 is 1. The maximum atomic E-state index is 11.7. The quantitative estimate of drug-likeness (QED) is 0.552. The van der Waals surface area contributed by atoms with Crippen LogP contribution < -0.4 is 4.74 Å². The zero-order chi connectivity index (χ0) is 22.9. The van der Waals surface area contributed by atoms with Crippen LogP contribution in [-0.4, -0.2) is 51.0 Å². The molecule has 0 N–H and O–H groups in total. The van der Waals surface area contributed by atoms with Gasteiger partial charge in [0.1, 0.15) is 5.52 Å². The lowest BCUT2D eigenvalue weighted by atomic mass is 10.1. The van der Waals surface area contributed by atoms with Crippen LogP contribution in [-0.2, 0) is 4.79 Å². The first-order valence-corrected chi connectivity index (χ1v) is 10.8. The van der Waals surface area contributed by atoms with Gasteiger partial charge in [-0.25, -0.2) is 15.0 Å². The molecule has 31 heavy (non-hydrogen) atoms.